The van der Waals surface area contributed by atoms with Crippen LogP contribution in [0.3, 0.4) is 0 Å². The summed E-state index contributed by atoms with van der Waals surface area (Å²) in [6.07, 6.45) is 0. The number of carboxylic acids is 1. The van der Waals surface area contributed by atoms with Crippen LogP contribution in [0, 0.1) is 0 Å². The Kier molecular flexibility index (Phi) is 2.56. The van der Waals surface area contributed by atoms with Crippen molar-refractivity contribution < 1.29 is 20.0 Å². The Morgan fingerprint density at radius 1 is 1.70 bits per heavy atom. The molecule has 0 aromatic rings. The van der Waals surface area contributed by atoms with E-state index in [0.29, 0.717) is 0 Å². The van der Waals surface area contributed by atoms with E-state index in [4.69, 9.17) is 10.4 Å². The van der Waals surface area contributed by atoms with Crippen LogP contribution in [0.4, 0.5) is 0 Å². The van der Waals surface area contributed by atoms with Gasteiger partial charge in [0.1, 0.15) is 0 Å². The lowest BCUT2D eigenvalue weighted by Gasteiger charge is -2.20. The van der Waals surface area contributed by atoms with E-state index in [1.165, 1.54) is 13.8 Å². The molecule has 4 heteroatoms. The highest BCUT2D eigenvalue weighted by Crippen LogP contribution is 2.17. The number of hydrogen-bond donors (Lipinski definition) is 2. The molecule has 0 aliphatic heterocycles. The van der Waals surface area contributed by atoms with Gasteiger partial charge in [-0.15, -0.1) is 0 Å². The predicted octanol–water partition coefficient (Wildman–Crippen LogP) is 0.895. The first-order valence-corrected chi connectivity index (χ1v) is 2.67. The van der Waals surface area contributed by atoms with Gasteiger partial charge in [0, 0.05) is 0 Å². The van der Waals surface area contributed by atoms with Gasteiger partial charge < -0.3 is 5.11 Å². The summed E-state index contributed by atoms with van der Waals surface area (Å²) in [5, 5.41) is 16.6. The average molecular weight is 146 g/mol. The van der Waals surface area contributed by atoms with Crippen LogP contribution in [0.15, 0.2) is 12.2 Å². The Balaban J connectivity index is 4.55. The lowest BCUT2D eigenvalue weighted by molar-refractivity contribution is -0.300. The summed E-state index contributed by atoms with van der Waals surface area (Å²) in [7, 11) is 0. The van der Waals surface area contributed by atoms with Gasteiger partial charge in [-0.3, -0.25) is 5.26 Å². The number of carboxylic acid groups (broad SMARTS) is 1. The van der Waals surface area contributed by atoms with E-state index in [-0.39, 0.29) is 5.57 Å². The summed E-state index contributed by atoms with van der Waals surface area (Å²) < 4.78 is 0. The van der Waals surface area contributed by atoms with Crippen LogP contribution in [-0.2, 0) is 9.68 Å². The summed E-state index contributed by atoms with van der Waals surface area (Å²) in [6, 6.07) is 0. The van der Waals surface area contributed by atoms with Gasteiger partial charge in [-0.1, -0.05) is 6.58 Å². The van der Waals surface area contributed by atoms with Crippen molar-refractivity contribution in [2.24, 2.45) is 0 Å². The van der Waals surface area contributed by atoms with Gasteiger partial charge in [-0.05, 0) is 19.4 Å². The van der Waals surface area contributed by atoms with Crippen LogP contribution < -0.4 is 0 Å². The smallest absolute Gasteiger partial charge is 0.343 e. The van der Waals surface area contributed by atoms with Crippen molar-refractivity contribution in [1.82, 2.24) is 0 Å². The first-order chi connectivity index (χ1) is 4.45. The van der Waals surface area contributed by atoms with Gasteiger partial charge in [0.25, 0.3) is 0 Å². The molecular weight excluding hydrogens is 136 g/mol. The van der Waals surface area contributed by atoms with Crippen LogP contribution in [-0.4, -0.2) is 21.9 Å². The van der Waals surface area contributed by atoms with Crippen molar-refractivity contribution in [3.8, 4) is 0 Å². The van der Waals surface area contributed by atoms with Crippen molar-refractivity contribution in [3.63, 3.8) is 0 Å². The minimum atomic E-state index is -1.68. The highest BCUT2D eigenvalue weighted by Gasteiger charge is 2.35. The predicted molar refractivity (Wildman–Crippen MR) is 34.6 cm³/mol. The molecule has 0 rings (SSSR count). The van der Waals surface area contributed by atoms with E-state index < -0.39 is 11.6 Å². The first kappa shape index (κ1) is 9.13. The van der Waals surface area contributed by atoms with Crippen LogP contribution in [0.5, 0.6) is 0 Å². The number of rotatable bonds is 3. The summed E-state index contributed by atoms with van der Waals surface area (Å²) in [5.41, 5.74) is -1.44. The second-order valence-corrected chi connectivity index (χ2v) is 2.21. The number of aliphatic carboxylic acids is 1. The molecule has 58 valence electrons. The van der Waals surface area contributed by atoms with E-state index in [1.54, 1.807) is 0 Å². The minimum Gasteiger partial charge on any atom is -0.479 e. The summed E-state index contributed by atoms with van der Waals surface area (Å²) in [4.78, 5) is 14.1. The fourth-order valence-electron chi connectivity index (χ4n) is 0.300. The van der Waals surface area contributed by atoms with E-state index >= 15 is 0 Å². The fraction of sp³-hybridized carbons (Fsp3) is 0.500. The van der Waals surface area contributed by atoms with E-state index in [1.807, 2.05) is 0 Å². The molecule has 0 bridgehead atoms. The SMILES string of the molecule is C=C(C)C(C)(OO)C(=O)O. The maximum absolute atomic E-state index is 10.3. The molecule has 0 spiro atoms. The quantitative estimate of drug-likeness (QED) is 0.352. The molecule has 0 radical (unpaired) electrons. The van der Waals surface area contributed by atoms with Gasteiger partial charge in [-0.2, -0.15) is 0 Å². The molecular formula is C6H10O4. The second kappa shape index (κ2) is 2.81. The van der Waals surface area contributed by atoms with Crippen LogP contribution in [0.25, 0.3) is 0 Å². The van der Waals surface area contributed by atoms with Crippen molar-refractivity contribution in [2.45, 2.75) is 19.4 Å². The molecule has 4 nitrogen and oxygen atoms in total. The van der Waals surface area contributed by atoms with Gasteiger partial charge in [-0.25, -0.2) is 9.68 Å². The highest BCUT2D eigenvalue weighted by molar-refractivity contribution is 5.80. The van der Waals surface area contributed by atoms with Crippen LogP contribution in [0.2, 0.25) is 0 Å². The number of hydrogen-bond acceptors (Lipinski definition) is 3. The molecule has 2 N–H and O–H groups in total. The third kappa shape index (κ3) is 1.34. The Morgan fingerprint density at radius 2 is 2.10 bits per heavy atom. The molecule has 0 aromatic heterocycles. The van der Waals surface area contributed by atoms with Crippen LogP contribution >= 0.6 is 0 Å². The molecule has 10 heavy (non-hydrogen) atoms. The Bertz CT molecular complexity index is 147. The molecule has 1 atom stereocenters. The zero-order valence-corrected chi connectivity index (χ0v) is 5.92. The van der Waals surface area contributed by atoms with Gasteiger partial charge in [0.15, 0.2) is 0 Å². The molecule has 0 saturated heterocycles. The van der Waals surface area contributed by atoms with Crippen molar-refractivity contribution >= 4 is 5.97 Å². The summed E-state index contributed by atoms with van der Waals surface area (Å²) in [5.74, 6) is -1.26. The molecule has 0 amide bonds. The van der Waals surface area contributed by atoms with Crippen molar-refractivity contribution in [3.05, 3.63) is 12.2 Å². The van der Waals surface area contributed by atoms with Crippen molar-refractivity contribution in [1.29, 1.82) is 0 Å². The molecule has 0 aliphatic carbocycles. The fourth-order valence-corrected chi connectivity index (χ4v) is 0.300. The van der Waals surface area contributed by atoms with Crippen LogP contribution in [0.1, 0.15) is 13.8 Å². The summed E-state index contributed by atoms with van der Waals surface area (Å²) in [6.45, 7) is 6.04. The maximum Gasteiger partial charge on any atom is 0.343 e. The molecule has 1 unspecified atom stereocenters. The third-order valence-corrected chi connectivity index (χ3v) is 1.41. The van der Waals surface area contributed by atoms with Gasteiger partial charge in [0.2, 0.25) is 5.60 Å². The highest BCUT2D eigenvalue weighted by atomic mass is 17.1. The topological polar surface area (TPSA) is 66.8 Å². The monoisotopic (exact) mass is 146 g/mol. The Morgan fingerprint density at radius 3 is 2.10 bits per heavy atom. The molecule has 0 aliphatic rings. The molecule has 0 saturated carbocycles. The Hall–Kier alpha value is -0.870. The average Bonchev–Trinajstić information content (AvgIpc) is 1.85. The zero-order chi connectivity index (χ0) is 8.36. The Labute approximate surface area is 58.7 Å². The maximum atomic E-state index is 10.3. The third-order valence-electron chi connectivity index (χ3n) is 1.41. The lowest BCUT2D eigenvalue weighted by Crippen LogP contribution is -2.38. The molecule has 0 heterocycles. The summed E-state index contributed by atoms with van der Waals surface area (Å²) >= 11 is 0. The molecule has 0 aromatic carbocycles. The normalized spacial score (nSPS) is 15.9. The standard InChI is InChI=1S/C6H10O4/c1-4(2)6(3,10-9)5(7)8/h9H,1H2,2-3H3,(H,7,8). The number of carbonyl (C=O) groups is 1. The van der Waals surface area contributed by atoms with E-state index in [9.17, 15) is 4.79 Å². The second-order valence-electron chi connectivity index (χ2n) is 2.21. The van der Waals surface area contributed by atoms with Gasteiger partial charge in [0.05, 0.1) is 0 Å². The largest absolute Gasteiger partial charge is 0.479 e. The molecule has 0 fully saturated rings. The zero-order valence-electron chi connectivity index (χ0n) is 5.92. The van der Waals surface area contributed by atoms with E-state index in [0.717, 1.165) is 0 Å². The van der Waals surface area contributed by atoms with Crippen molar-refractivity contribution in [2.75, 3.05) is 0 Å². The van der Waals surface area contributed by atoms with E-state index in [2.05, 4.69) is 11.5 Å². The van der Waals surface area contributed by atoms with Gasteiger partial charge >= 0.3 is 5.97 Å². The first-order valence-electron chi connectivity index (χ1n) is 2.67. The minimum absolute atomic E-state index is 0.238. The lowest BCUT2D eigenvalue weighted by atomic mass is 9.99.